The van der Waals surface area contributed by atoms with Crippen LogP contribution in [0.25, 0.3) is 0 Å². The van der Waals surface area contributed by atoms with E-state index in [1.54, 1.807) is 12.1 Å². The van der Waals surface area contributed by atoms with Gasteiger partial charge >= 0.3 is 5.91 Å². The van der Waals surface area contributed by atoms with E-state index in [4.69, 9.17) is 15.0 Å². The lowest BCUT2D eigenvalue weighted by atomic mass is 10.3. The summed E-state index contributed by atoms with van der Waals surface area (Å²) in [6.45, 7) is 0.254. The molecular weight excluding hydrogens is 601 g/mol. The van der Waals surface area contributed by atoms with Gasteiger partial charge in [0, 0.05) is 3.57 Å². The van der Waals surface area contributed by atoms with E-state index >= 15 is 0 Å². The van der Waals surface area contributed by atoms with Gasteiger partial charge in [0.2, 0.25) is 0 Å². The number of carbonyl (C=O) groups excluding carboxylic acids is 1. The van der Waals surface area contributed by atoms with Gasteiger partial charge in [-0.15, -0.1) is 0 Å². The number of benzene rings is 1. The van der Waals surface area contributed by atoms with Gasteiger partial charge in [0.15, 0.2) is 5.76 Å². The van der Waals surface area contributed by atoms with Crippen molar-refractivity contribution < 1.29 is 13.9 Å². The van der Waals surface area contributed by atoms with Crippen LogP contribution >= 0.6 is 67.8 Å². The monoisotopic (exact) mass is 610 g/mol. The van der Waals surface area contributed by atoms with Gasteiger partial charge in [-0.1, -0.05) is 0 Å². The molecule has 2 rings (SSSR count). The Morgan fingerprint density at radius 1 is 1.25 bits per heavy atom. The van der Waals surface area contributed by atoms with Crippen molar-refractivity contribution in [2.24, 2.45) is 5.84 Å². The van der Waals surface area contributed by atoms with Gasteiger partial charge in [-0.2, -0.15) is 0 Å². The predicted molar refractivity (Wildman–Crippen MR) is 99.3 cm³/mol. The molecule has 2 aromatic rings. The highest BCUT2D eigenvalue weighted by molar-refractivity contribution is 14.1. The number of furan rings is 1. The van der Waals surface area contributed by atoms with Crippen LogP contribution in [0, 0.1) is 10.7 Å². The van der Waals surface area contributed by atoms with E-state index in [0.717, 1.165) is 16.5 Å². The number of halogens is 3. The Morgan fingerprint density at radius 3 is 2.50 bits per heavy atom. The van der Waals surface area contributed by atoms with E-state index in [9.17, 15) is 4.79 Å². The summed E-state index contributed by atoms with van der Waals surface area (Å²) in [5, 5.41) is 0. The number of hydrogen-bond acceptors (Lipinski definition) is 4. The molecule has 8 heteroatoms. The molecule has 0 bridgehead atoms. The van der Waals surface area contributed by atoms with Gasteiger partial charge in [-0.05, 0) is 92.0 Å². The highest BCUT2D eigenvalue weighted by atomic mass is 127. The fourth-order valence-electron chi connectivity index (χ4n) is 1.46. The number of hydrogen-bond donors (Lipinski definition) is 2. The molecule has 0 atom stereocenters. The maximum Gasteiger partial charge on any atom is 0.300 e. The van der Waals surface area contributed by atoms with E-state index in [-0.39, 0.29) is 12.4 Å². The molecule has 0 spiro atoms. The van der Waals surface area contributed by atoms with Gasteiger partial charge in [0.25, 0.3) is 0 Å². The van der Waals surface area contributed by atoms with Gasteiger partial charge in [0.1, 0.15) is 18.1 Å². The highest BCUT2D eigenvalue weighted by Gasteiger charge is 2.12. The SMILES string of the molecule is NNC(=O)c1ccc(COc2c(I)cc(I)cc2I)o1. The number of hydrazine groups is 1. The van der Waals surface area contributed by atoms with Crippen molar-refractivity contribution in [3.05, 3.63) is 46.5 Å². The van der Waals surface area contributed by atoms with Crippen LogP contribution in [0.2, 0.25) is 0 Å². The van der Waals surface area contributed by atoms with Crippen LogP contribution in [0.1, 0.15) is 16.3 Å². The maximum atomic E-state index is 11.3. The zero-order valence-corrected chi connectivity index (χ0v) is 16.4. The summed E-state index contributed by atoms with van der Waals surface area (Å²) < 4.78 is 14.3. The molecular formula is C12H9I3N2O3. The van der Waals surface area contributed by atoms with Crippen molar-refractivity contribution in [2.45, 2.75) is 6.61 Å². The Labute approximate surface area is 156 Å². The molecule has 1 heterocycles. The van der Waals surface area contributed by atoms with Gasteiger partial charge in [-0.25, -0.2) is 5.84 Å². The summed E-state index contributed by atoms with van der Waals surface area (Å²) in [7, 11) is 0. The maximum absolute atomic E-state index is 11.3. The van der Waals surface area contributed by atoms with Crippen molar-refractivity contribution in [1.82, 2.24) is 5.43 Å². The first-order chi connectivity index (χ1) is 9.51. The zero-order chi connectivity index (χ0) is 14.7. The molecule has 1 aromatic carbocycles. The number of rotatable bonds is 4. The number of nitrogen functional groups attached to an aromatic ring is 1. The molecule has 0 fully saturated rings. The van der Waals surface area contributed by atoms with Gasteiger partial charge in [0.05, 0.1) is 7.14 Å². The first kappa shape index (κ1) is 16.3. The van der Waals surface area contributed by atoms with E-state index in [0.29, 0.717) is 5.76 Å². The van der Waals surface area contributed by atoms with Crippen LogP contribution < -0.4 is 16.0 Å². The predicted octanol–water partition coefficient (Wildman–Crippen LogP) is 3.28. The van der Waals surface area contributed by atoms with Crippen LogP contribution in [-0.4, -0.2) is 5.91 Å². The minimum Gasteiger partial charge on any atom is -0.483 e. The Balaban J connectivity index is 2.09. The lowest BCUT2D eigenvalue weighted by Crippen LogP contribution is -2.29. The molecule has 0 saturated carbocycles. The third kappa shape index (κ3) is 3.98. The van der Waals surface area contributed by atoms with E-state index < -0.39 is 5.91 Å². The topological polar surface area (TPSA) is 77.5 Å². The van der Waals surface area contributed by atoms with Crippen molar-refractivity contribution in [2.75, 3.05) is 0 Å². The minimum atomic E-state index is -0.463. The van der Waals surface area contributed by atoms with Gasteiger partial charge < -0.3 is 9.15 Å². The summed E-state index contributed by atoms with van der Waals surface area (Å²) in [5.74, 6) is 6.12. The molecule has 3 N–H and O–H groups in total. The summed E-state index contributed by atoms with van der Waals surface area (Å²) in [5.41, 5.74) is 2.02. The fourth-order valence-corrected chi connectivity index (χ4v) is 5.35. The largest absolute Gasteiger partial charge is 0.483 e. The van der Waals surface area contributed by atoms with Crippen LogP contribution in [-0.2, 0) is 6.61 Å². The Kier molecular flexibility index (Phi) is 5.92. The molecule has 0 radical (unpaired) electrons. The van der Waals surface area contributed by atoms with Gasteiger partial charge in [-0.3, -0.25) is 10.2 Å². The standard InChI is InChI=1S/C12H9I3N2O3/c13-6-3-8(14)11(9(15)4-6)19-5-7-1-2-10(20-7)12(18)17-16/h1-4H,5,16H2,(H,17,18). The smallest absolute Gasteiger partial charge is 0.300 e. The second-order valence-electron chi connectivity index (χ2n) is 3.73. The van der Waals surface area contributed by atoms with Crippen molar-refractivity contribution in [3.63, 3.8) is 0 Å². The van der Waals surface area contributed by atoms with Crippen molar-refractivity contribution in [1.29, 1.82) is 0 Å². The molecule has 0 saturated heterocycles. The number of nitrogens with two attached hydrogens (primary N) is 1. The molecule has 0 aliphatic carbocycles. The third-order valence-corrected chi connectivity index (χ3v) is 4.56. The van der Waals surface area contributed by atoms with Crippen LogP contribution in [0.3, 0.4) is 0 Å². The third-order valence-electron chi connectivity index (χ3n) is 2.34. The molecule has 0 unspecified atom stereocenters. The van der Waals surface area contributed by atoms with Crippen LogP contribution in [0.15, 0.2) is 28.7 Å². The number of amides is 1. The second kappa shape index (κ2) is 7.26. The molecule has 20 heavy (non-hydrogen) atoms. The second-order valence-corrected chi connectivity index (χ2v) is 7.30. The summed E-state index contributed by atoms with van der Waals surface area (Å²) in [4.78, 5) is 11.3. The Bertz CT molecular complexity index is 620. The summed E-state index contributed by atoms with van der Waals surface area (Å²) >= 11 is 6.72. The van der Waals surface area contributed by atoms with Crippen LogP contribution in [0.4, 0.5) is 0 Å². The molecule has 0 aliphatic rings. The molecule has 1 aromatic heterocycles. The minimum absolute atomic E-state index is 0.165. The average molecular weight is 610 g/mol. The first-order valence-corrected chi connectivity index (χ1v) is 8.62. The average Bonchev–Trinajstić information content (AvgIpc) is 2.85. The van der Waals surface area contributed by atoms with E-state index in [2.05, 4.69) is 67.8 Å². The molecule has 5 nitrogen and oxygen atoms in total. The Morgan fingerprint density at radius 2 is 1.90 bits per heavy atom. The molecule has 1 amide bonds. The quantitative estimate of drug-likeness (QED) is 0.242. The number of carbonyl (C=O) groups is 1. The first-order valence-electron chi connectivity index (χ1n) is 5.38. The van der Waals surface area contributed by atoms with Crippen molar-refractivity contribution >= 4 is 73.7 Å². The molecule has 0 aliphatic heterocycles. The zero-order valence-electron chi connectivity index (χ0n) is 9.95. The van der Waals surface area contributed by atoms with E-state index in [1.165, 1.54) is 0 Å². The fraction of sp³-hybridized carbons (Fsp3) is 0.0833. The lowest BCUT2D eigenvalue weighted by Gasteiger charge is -2.09. The number of ether oxygens (including phenoxy) is 1. The normalized spacial score (nSPS) is 10.4. The van der Waals surface area contributed by atoms with Crippen LogP contribution in [0.5, 0.6) is 5.75 Å². The van der Waals surface area contributed by atoms with E-state index in [1.807, 2.05) is 17.6 Å². The number of nitrogens with one attached hydrogen (secondary N) is 1. The Hall–Kier alpha value is -0.0800. The highest BCUT2D eigenvalue weighted by Crippen LogP contribution is 2.30. The molecule has 106 valence electrons. The lowest BCUT2D eigenvalue weighted by molar-refractivity contribution is 0.0922. The summed E-state index contributed by atoms with van der Waals surface area (Å²) in [6, 6.07) is 7.32. The summed E-state index contributed by atoms with van der Waals surface area (Å²) in [6.07, 6.45) is 0. The van der Waals surface area contributed by atoms with Crippen molar-refractivity contribution in [3.8, 4) is 5.75 Å².